The summed E-state index contributed by atoms with van der Waals surface area (Å²) in [4.78, 5) is 2.57. The highest BCUT2D eigenvalue weighted by atomic mass is 35.5. The van der Waals surface area contributed by atoms with E-state index in [-0.39, 0.29) is 14.9 Å². The van der Waals surface area contributed by atoms with Gasteiger partial charge >= 0.3 is 0 Å². The van der Waals surface area contributed by atoms with Crippen molar-refractivity contribution < 1.29 is 8.42 Å². The number of halogens is 2. The number of likely N-dealkylation sites (N-methyl/N-ethyl adjacent to an activating group) is 1. The normalized spacial score (nSPS) is 16.6. The zero-order chi connectivity index (χ0) is 14.2. The number of rotatable bonds is 4. The van der Waals surface area contributed by atoms with Gasteiger partial charge in [-0.2, -0.15) is 0 Å². The fourth-order valence-corrected chi connectivity index (χ4v) is 4.48. The number of nitrogens with zero attached hydrogens (tertiary/aromatic N) is 1. The molecule has 1 aromatic carbocycles. The Balaban J connectivity index is 2.46. The number of fused-ring (bicyclic) bond motifs is 1. The van der Waals surface area contributed by atoms with E-state index in [9.17, 15) is 8.42 Å². The minimum Gasteiger partial charge on any atom is -0.299 e. The molecule has 0 radical (unpaired) electrons. The summed E-state index contributed by atoms with van der Waals surface area (Å²) in [5, 5.41) is 0.381. The van der Waals surface area contributed by atoms with Gasteiger partial charge in [0.15, 0.2) is 0 Å². The molecule has 0 saturated carbocycles. The molecule has 0 aromatic heterocycles. The van der Waals surface area contributed by atoms with Crippen LogP contribution in [0.2, 0.25) is 10.0 Å². The Labute approximate surface area is 123 Å². The zero-order valence-corrected chi connectivity index (χ0v) is 13.1. The van der Waals surface area contributed by atoms with Gasteiger partial charge in [-0.15, -0.1) is 0 Å². The van der Waals surface area contributed by atoms with Crippen LogP contribution in [0.15, 0.2) is 21.9 Å². The second-order valence-electron chi connectivity index (χ2n) is 4.36. The van der Waals surface area contributed by atoms with E-state index in [0.717, 1.165) is 13.1 Å². The Bertz CT molecular complexity index is 634. The van der Waals surface area contributed by atoms with Crippen LogP contribution in [0.3, 0.4) is 0 Å². The van der Waals surface area contributed by atoms with Crippen molar-refractivity contribution in [3.05, 3.63) is 32.6 Å². The molecule has 6 heteroatoms. The maximum atomic E-state index is 12.5. The van der Waals surface area contributed by atoms with Gasteiger partial charge in [-0.1, -0.05) is 43.1 Å². The van der Waals surface area contributed by atoms with Gasteiger partial charge in [0.1, 0.15) is 0 Å². The molecule has 0 aliphatic carbocycles. The molecule has 1 aliphatic rings. The van der Waals surface area contributed by atoms with Crippen molar-refractivity contribution in [1.29, 1.82) is 0 Å². The van der Waals surface area contributed by atoms with Crippen molar-refractivity contribution in [2.24, 2.45) is 0 Å². The molecule has 0 unspecified atom stereocenters. The average Bonchev–Trinajstić information content (AvgIpc) is 2.62. The maximum Gasteiger partial charge on any atom is 0.206 e. The predicted molar refractivity (Wildman–Crippen MR) is 79.4 cm³/mol. The molecule has 3 nitrogen and oxygen atoms in total. The highest BCUT2D eigenvalue weighted by Gasteiger charge is 2.33. The van der Waals surface area contributed by atoms with Crippen LogP contribution in [0.25, 0.3) is 6.08 Å². The maximum absolute atomic E-state index is 12.5. The van der Waals surface area contributed by atoms with Crippen molar-refractivity contribution in [3.8, 4) is 0 Å². The van der Waals surface area contributed by atoms with E-state index < -0.39 is 9.84 Å². The van der Waals surface area contributed by atoms with Crippen LogP contribution < -0.4 is 0 Å². The molecule has 0 spiro atoms. The van der Waals surface area contributed by atoms with Gasteiger partial charge in [0, 0.05) is 6.54 Å². The molecule has 0 N–H and O–H groups in total. The van der Waals surface area contributed by atoms with Crippen molar-refractivity contribution in [3.63, 3.8) is 0 Å². The number of hydrogen-bond acceptors (Lipinski definition) is 3. The van der Waals surface area contributed by atoms with Gasteiger partial charge in [-0.05, 0) is 30.8 Å². The summed E-state index contributed by atoms with van der Waals surface area (Å²) in [6, 6.07) is 3.31. The minimum absolute atomic E-state index is 0.116. The van der Waals surface area contributed by atoms with Gasteiger partial charge in [-0.3, -0.25) is 4.90 Å². The summed E-state index contributed by atoms with van der Waals surface area (Å²) < 4.78 is 25.0. The fraction of sp³-hybridized carbons (Fsp3) is 0.385. The monoisotopic (exact) mass is 319 g/mol. The Kier molecular flexibility index (Phi) is 4.26. The molecular weight excluding hydrogens is 305 g/mol. The van der Waals surface area contributed by atoms with Crippen LogP contribution in [0.4, 0.5) is 0 Å². The van der Waals surface area contributed by atoms with Crippen LogP contribution in [0.1, 0.15) is 19.4 Å². The lowest BCUT2D eigenvalue weighted by molar-refractivity contribution is 0.334. The quantitative estimate of drug-likeness (QED) is 0.852. The Morgan fingerprint density at radius 2 is 1.79 bits per heavy atom. The minimum atomic E-state index is -3.51. The average molecular weight is 320 g/mol. The summed E-state index contributed by atoms with van der Waals surface area (Å²) in [6.07, 6.45) is 1.69. The van der Waals surface area contributed by atoms with E-state index in [1.54, 1.807) is 18.2 Å². The summed E-state index contributed by atoms with van der Waals surface area (Å²) >= 11 is 11.9. The topological polar surface area (TPSA) is 37.4 Å². The first-order valence-electron chi connectivity index (χ1n) is 6.07. The van der Waals surface area contributed by atoms with Crippen molar-refractivity contribution >= 4 is 39.1 Å². The highest BCUT2D eigenvalue weighted by molar-refractivity contribution is 7.96. The summed E-state index contributed by atoms with van der Waals surface area (Å²) in [7, 11) is -3.51. The van der Waals surface area contributed by atoms with Crippen LogP contribution in [0, 0.1) is 0 Å². The molecular formula is C13H15Cl2NO2S. The van der Waals surface area contributed by atoms with Gasteiger partial charge < -0.3 is 0 Å². The van der Waals surface area contributed by atoms with Gasteiger partial charge in [-0.25, -0.2) is 8.42 Å². The SMILES string of the molecule is CCN(CC)CC1=Cc2ccc(Cl)c(Cl)c2S1(=O)=O. The third-order valence-corrected chi connectivity index (χ3v) is 6.12. The lowest BCUT2D eigenvalue weighted by atomic mass is 10.2. The van der Waals surface area contributed by atoms with E-state index in [1.807, 2.05) is 18.7 Å². The molecule has 0 atom stereocenters. The standard InChI is InChI=1S/C13H15Cl2NO2S/c1-3-16(4-2)8-10-7-9-5-6-11(14)12(15)13(9)19(10,17)18/h5-7H,3-4,8H2,1-2H3. The smallest absolute Gasteiger partial charge is 0.206 e. The van der Waals surface area contributed by atoms with Gasteiger partial charge in [0.2, 0.25) is 9.84 Å². The number of sulfone groups is 1. The molecule has 2 rings (SSSR count). The molecule has 1 aromatic rings. The molecule has 1 heterocycles. The zero-order valence-electron chi connectivity index (χ0n) is 10.8. The molecule has 0 bridgehead atoms. The first-order chi connectivity index (χ1) is 8.91. The Hall–Kier alpha value is -0.550. The Morgan fingerprint density at radius 3 is 2.37 bits per heavy atom. The predicted octanol–water partition coefficient (Wildman–Crippen LogP) is 3.46. The first kappa shape index (κ1) is 14.9. The van der Waals surface area contributed by atoms with E-state index in [1.165, 1.54) is 0 Å². The molecule has 0 fully saturated rings. The lowest BCUT2D eigenvalue weighted by Gasteiger charge is -2.18. The van der Waals surface area contributed by atoms with Crippen LogP contribution in [0.5, 0.6) is 0 Å². The largest absolute Gasteiger partial charge is 0.299 e. The van der Waals surface area contributed by atoms with Crippen molar-refractivity contribution in [1.82, 2.24) is 4.90 Å². The van der Waals surface area contributed by atoms with E-state index in [2.05, 4.69) is 0 Å². The van der Waals surface area contributed by atoms with Gasteiger partial charge in [0.05, 0.1) is 19.8 Å². The number of benzene rings is 1. The molecule has 19 heavy (non-hydrogen) atoms. The van der Waals surface area contributed by atoms with Crippen molar-refractivity contribution in [2.45, 2.75) is 18.7 Å². The first-order valence-corrected chi connectivity index (χ1v) is 8.31. The lowest BCUT2D eigenvalue weighted by Crippen LogP contribution is -2.26. The second kappa shape index (κ2) is 5.44. The Morgan fingerprint density at radius 1 is 1.16 bits per heavy atom. The molecule has 0 amide bonds. The molecule has 0 saturated heterocycles. The summed E-state index contributed by atoms with van der Waals surface area (Å²) in [5.74, 6) is 0. The highest BCUT2D eigenvalue weighted by Crippen LogP contribution is 2.41. The number of hydrogen-bond donors (Lipinski definition) is 0. The second-order valence-corrected chi connectivity index (χ2v) is 7.08. The van der Waals surface area contributed by atoms with E-state index in [0.29, 0.717) is 17.0 Å². The van der Waals surface area contributed by atoms with Crippen LogP contribution in [-0.4, -0.2) is 33.0 Å². The van der Waals surface area contributed by atoms with Gasteiger partial charge in [0.25, 0.3) is 0 Å². The molecule has 104 valence electrons. The summed E-state index contributed by atoms with van der Waals surface area (Å²) in [5.41, 5.74) is 0.622. The van der Waals surface area contributed by atoms with E-state index in [4.69, 9.17) is 23.2 Å². The van der Waals surface area contributed by atoms with Crippen LogP contribution >= 0.6 is 23.2 Å². The van der Waals surface area contributed by atoms with Crippen molar-refractivity contribution in [2.75, 3.05) is 19.6 Å². The van der Waals surface area contributed by atoms with Crippen LogP contribution in [-0.2, 0) is 9.84 Å². The molecule has 1 aliphatic heterocycles. The summed E-state index contributed by atoms with van der Waals surface area (Å²) in [6.45, 7) is 6.01. The third kappa shape index (κ3) is 2.55. The van der Waals surface area contributed by atoms with E-state index >= 15 is 0 Å². The third-order valence-electron chi connectivity index (χ3n) is 3.28. The fourth-order valence-electron chi connectivity index (χ4n) is 2.11.